The highest BCUT2D eigenvalue weighted by molar-refractivity contribution is 5.74. The Hall–Kier alpha value is -2.28. The molecule has 0 spiro atoms. The van der Waals surface area contributed by atoms with Gasteiger partial charge in [-0.2, -0.15) is 0 Å². The number of nitrogens with one attached hydrogen (secondary N) is 1. The summed E-state index contributed by atoms with van der Waals surface area (Å²) in [6.07, 6.45) is 0.271. The standard InChI is InChI=1S/C21H25N5O/c1-15-5-4-6-16(22-15)11-26-9-10-27-20-13-25(12-19(20)26)14-21-23-17-7-2-3-8-18(17)24-21/h2-8,19-20H,9-14H2,1H3,(H,23,24)/t19-,20-/m0/s1. The number of rotatable bonds is 4. The first-order valence-electron chi connectivity index (χ1n) is 9.69. The molecular weight excluding hydrogens is 338 g/mol. The molecule has 0 bridgehead atoms. The number of aromatic amines is 1. The minimum Gasteiger partial charge on any atom is -0.374 e. The van der Waals surface area contributed by atoms with Gasteiger partial charge in [0, 0.05) is 31.9 Å². The van der Waals surface area contributed by atoms with Gasteiger partial charge in [-0.15, -0.1) is 0 Å². The predicted octanol–water partition coefficient (Wildman–Crippen LogP) is 2.35. The van der Waals surface area contributed by atoms with Gasteiger partial charge in [0.05, 0.1) is 42.0 Å². The summed E-state index contributed by atoms with van der Waals surface area (Å²) in [5, 5.41) is 0. The Morgan fingerprint density at radius 1 is 1.07 bits per heavy atom. The van der Waals surface area contributed by atoms with Crippen LogP contribution in [0.15, 0.2) is 42.5 Å². The van der Waals surface area contributed by atoms with E-state index in [0.717, 1.165) is 67.6 Å². The molecule has 3 aromatic rings. The quantitative estimate of drug-likeness (QED) is 0.771. The molecule has 6 heteroatoms. The molecule has 2 aliphatic heterocycles. The zero-order valence-electron chi connectivity index (χ0n) is 15.6. The van der Waals surface area contributed by atoms with Crippen LogP contribution in [0.25, 0.3) is 11.0 Å². The third-order valence-electron chi connectivity index (χ3n) is 5.61. The summed E-state index contributed by atoms with van der Waals surface area (Å²) in [5.41, 5.74) is 4.36. The zero-order valence-corrected chi connectivity index (χ0v) is 15.6. The summed E-state index contributed by atoms with van der Waals surface area (Å²) in [5.74, 6) is 1.03. The molecule has 0 aliphatic carbocycles. The summed E-state index contributed by atoms with van der Waals surface area (Å²) in [7, 11) is 0. The van der Waals surface area contributed by atoms with Crippen LogP contribution in [-0.4, -0.2) is 63.1 Å². The Labute approximate surface area is 159 Å². The van der Waals surface area contributed by atoms with Gasteiger partial charge in [0.25, 0.3) is 0 Å². The first-order valence-corrected chi connectivity index (χ1v) is 9.69. The van der Waals surface area contributed by atoms with E-state index < -0.39 is 0 Å². The lowest BCUT2D eigenvalue weighted by molar-refractivity contribution is -0.0508. The smallest absolute Gasteiger partial charge is 0.121 e. The molecule has 27 heavy (non-hydrogen) atoms. The minimum atomic E-state index is 0.271. The van der Waals surface area contributed by atoms with Gasteiger partial charge >= 0.3 is 0 Å². The summed E-state index contributed by atoms with van der Waals surface area (Å²) >= 11 is 0. The van der Waals surface area contributed by atoms with Crippen molar-refractivity contribution in [2.45, 2.75) is 32.2 Å². The molecule has 2 fully saturated rings. The van der Waals surface area contributed by atoms with E-state index in [1.165, 1.54) is 0 Å². The maximum Gasteiger partial charge on any atom is 0.121 e. The van der Waals surface area contributed by atoms with E-state index in [4.69, 9.17) is 9.72 Å². The van der Waals surface area contributed by atoms with Crippen molar-refractivity contribution in [2.24, 2.45) is 0 Å². The average Bonchev–Trinajstić information content (AvgIpc) is 3.25. The molecule has 0 unspecified atom stereocenters. The molecule has 0 saturated carbocycles. The number of H-pyrrole nitrogens is 1. The lowest BCUT2D eigenvalue weighted by atomic mass is 10.1. The lowest BCUT2D eigenvalue weighted by Gasteiger charge is -2.36. The van der Waals surface area contributed by atoms with Crippen LogP contribution in [0.2, 0.25) is 0 Å². The van der Waals surface area contributed by atoms with Crippen molar-refractivity contribution >= 4 is 11.0 Å². The molecule has 0 amide bonds. The maximum absolute atomic E-state index is 6.09. The third-order valence-corrected chi connectivity index (χ3v) is 5.61. The van der Waals surface area contributed by atoms with Gasteiger partial charge in [0.15, 0.2) is 0 Å². The van der Waals surface area contributed by atoms with Crippen molar-refractivity contribution in [3.05, 3.63) is 59.7 Å². The highest BCUT2D eigenvalue weighted by atomic mass is 16.5. The fraction of sp³-hybridized carbons (Fsp3) is 0.429. The molecule has 5 rings (SSSR count). The average molecular weight is 363 g/mol. The SMILES string of the molecule is Cc1cccc(CN2CCO[C@H]3CN(Cc4nc5ccccc5[nH]4)C[C@@H]32)n1. The van der Waals surface area contributed by atoms with Crippen LogP contribution in [0.1, 0.15) is 17.2 Å². The van der Waals surface area contributed by atoms with E-state index in [2.05, 4.69) is 57.0 Å². The molecule has 0 radical (unpaired) electrons. The van der Waals surface area contributed by atoms with Crippen LogP contribution in [-0.2, 0) is 17.8 Å². The van der Waals surface area contributed by atoms with Crippen molar-refractivity contribution < 1.29 is 4.74 Å². The van der Waals surface area contributed by atoms with E-state index in [0.29, 0.717) is 6.04 Å². The summed E-state index contributed by atoms with van der Waals surface area (Å²) < 4.78 is 6.09. The van der Waals surface area contributed by atoms with Crippen LogP contribution in [0.3, 0.4) is 0 Å². The van der Waals surface area contributed by atoms with E-state index in [1.807, 2.05) is 12.1 Å². The molecule has 2 aliphatic rings. The Morgan fingerprint density at radius 3 is 2.89 bits per heavy atom. The lowest BCUT2D eigenvalue weighted by Crippen LogP contribution is -2.50. The number of para-hydroxylation sites is 2. The Balaban J connectivity index is 1.28. The molecule has 1 N–H and O–H groups in total. The fourth-order valence-electron chi connectivity index (χ4n) is 4.35. The van der Waals surface area contributed by atoms with Crippen molar-refractivity contribution in [3.8, 4) is 0 Å². The highest BCUT2D eigenvalue weighted by Gasteiger charge is 2.40. The van der Waals surface area contributed by atoms with E-state index in [9.17, 15) is 0 Å². The second-order valence-corrected chi connectivity index (χ2v) is 7.61. The minimum absolute atomic E-state index is 0.271. The number of imidazole rings is 1. The Kier molecular flexibility index (Phi) is 4.39. The largest absolute Gasteiger partial charge is 0.374 e. The maximum atomic E-state index is 6.09. The van der Waals surface area contributed by atoms with Gasteiger partial charge in [0.2, 0.25) is 0 Å². The normalized spacial score (nSPS) is 23.7. The summed E-state index contributed by atoms with van der Waals surface area (Å²) in [6, 6.07) is 14.9. The topological polar surface area (TPSA) is 57.3 Å². The number of hydrogen-bond acceptors (Lipinski definition) is 5. The van der Waals surface area contributed by atoms with Gasteiger partial charge in [-0.25, -0.2) is 4.98 Å². The summed E-state index contributed by atoms with van der Waals surface area (Å²) in [6.45, 7) is 7.51. The van der Waals surface area contributed by atoms with E-state index in [1.54, 1.807) is 0 Å². The Morgan fingerprint density at radius 2 is 2.00 bits per heavy atom. The highest BCUT2D eigenvalue weighted by Crippen LogP contribution is 2.25. The van der Waals surface area contributed by atoms with Crippen LogP contribution in [0.4, 0.5) is 0 Å². The number of fused-ring (bicyclic) bond motifs is 2. The third kappa shape index (κ3) is 3.48. The number of benzene rings is 1. The zero-order chi connectivity index (χ0) is 18.2. The molecule has 2 saturated heterocycles. The number of hydrogen-bond donors (Lipinski definition) is 1. The van der Waals surface area contributed by atoms with Gasteiger partial charge in [0.1, 0.15) is 5.82 Å². The van der Waals surface area contributed by atoms with Crippen LogP contribution in [0.5, 0.6) is 0 Å². The second-order valence-electron chi connectivity index (χ2n) is 7.61. The van der Waals surface area contributed by atoms with Crippen molar-refractivity contribution in [2.75, 3.05) is 26.2 Å². The molecule has 1 aromatic carbocycles. The number of nitrogens with zero attached hydrogens (tertiary/aromatic N) is 4. The van der Waals surface area contributed by atoms with Crippen molar-refractivity contribution in [1.82, 2.24) is 24.8 Å². The van der Waals surface area contributed by atoms with E-state index in [-0.39, 0.29) is 6.10 Å². The van der Waals surface area contributed by atoms with Crippen molar-refractivity contribution in [3.63, 3.8) is 0 Å². The van der Waals surface area contributed by atoms with Gasteiger partial charge in [-0.3, -0.25) is 14.8 Å². The molecule has 2 aromatic heterocycles. The van der Waals surface area contributed by atoms with Crippen LogP contribution < -0.4 is 0 Å². The number of likely N-dealkylation sites (tertiary alicyclic amines) is 1. The Bertz CT molecular complexity index is 906. The molecular formula is C21H25N5O. The number of morpholine rings is 1. The van der Waals surface area contributed by atoms with Crippen LogP contribution in [0, 0.1) is 6.92 Å². The van der Waals surface area contributed by atoms with Gasteiger partial charge < -0.3 is 9.72 Å². The summed E-state index contributed by atoms with van der Waals surface area (Å²) in [4.78, 5) is 17.8. The predicted molar refractivity (Wildman–Crippen MR) is 104 cm³/mol. The first kappa shape index (κ1) is 16.9. The van der Waals surface area contributed by atoms with Gasteiger partial charge in [-0.05, 0) is 31.2 Å². The van der Waals surface area contributed by atoms with Crippen LogP contribution >= 0.6 is 0 Å². The molecule has 4 heterocycles. The molecule has 2 atom stereocenters. The van der Waals surface area contributed by atoms with Gasteiger partial charge in [-0.1, -0.05) is 18.2 Å². The number of aryl methyl sites for hydroxylation is 1. The number of aromatic nitrogens is 3. The number of pyridine rings is 1. The second kappa shape index (κ2) is 7.03. The fourth-order valence-corrected chi connectivity index (χ4v) is 4.35. The first-order chi connectivity index (χ1) is 13.2. The van der Waals surface area contributed by atoms with E-state index >= 15 is 0 Å². The molecule has 140 valence electrons. The number of ether oxygens (including phenoxy) is 1. The monoisotopic (exact) mass is 363 g/mol. The van der Waals surface area contributed by atoms with Crippen molar-refractivity contribution in [1.29, 1.82) is 0 Å². The molecule has 6 nitrogen and oxygen atoms in total.